The molecule has 0 saturated heterocycles. The van der Waals surface area contributed by atoms with Gasteiger partial charge in [0.05, 0.1) is 17.1 Å². The first-order valence-corrected chi connectivity index (χ1v) is 8.86. The van der Waals surface area contributed by atoms with Gasteiger partial charge in [0.1, 0.15) is 17.2 Å². The molecule has 1 aromatic heterocycles. The molecular weight excluding hydrogens is 379 g/mol. The third-order valence-electron chi connectivity index (χ3n) is 4.47. The monoisotopic (exact) mass is 398 g/mol. The zero-order valence-electron chi connectivity index (χ0n) is 15.6. The molecule has 0 aliphatic heterocycles. The summed E-state index contributed by atoms with van der Waals surface area (Å²) in [7, 11) is 0. The molecule has 0 aliphatic carbocycles. The maximum atomic E-state index is 14.5. The Labute approximate surface area is 164 Å². The fourth-order valence-electron chi connectivity index (χ4n) is 3.17. The summed E-state index contributed by atoms with van der Waals surface area (Å²) in [6.45, 7) is 1.51. The summed E-state index contributed by atoms with van der Waals surface area (Å²) in [4.78, 5) is 40.0. The number of benzene rings is 2. The number of nitrogens with two attached hydrogens (primary N) is 1. The minimum atomic E-state index is -1.30. The van der Waals surface area contributed by atoms with Crippen LogP contribution >= 0.6 is 0 Å². The van der Waals surface area contributed by atoms with Crippen LogP contribution in [0.2, 0.25) is 0 Å². The highest BCUT2D eigenvalue weighted by atomic mass is 19.1. The lowest BCUT2D eigenvalue weighted by atomic mass is 10.0. The number of hydrogen-bond acceptors (Lipinski definition) is 4. The Morgan fingerprint density at radius 1 is 1.24 bits per heavy atom. The number of hydrogen-bond donors (Lipinski definition) is 3. The van der Waals surface area contributed by atoms with Gasteiger partial charge in [-0.3, -0.25) is 14.2 Å². The largest absolute Gasteiger partial charge is 0.465 e. The molecule has 0 aliphatic rings. The molecule has 4 N–H and O–H groups in total. The molecule has 0 fully saturated rings. The van der Waals surface area contributed by atoms with Gasteiger partial charge in [-0.25, -0.2) is 14.2 Å². The quantitative estimate of drug-likeness (QED) is 0.587. The lowest BCUT2D eigenvalue weighted by molar-refractivity contribution is -0.117. The van der Waals surface area contributed by atoms with Gasteiger partial charge < -0.3 is 16.2 Å². The molecule has 0 radical (unpaired) electrons. The van der Waals surface area contributed by atoms with Crippen LogP contribution in [0, 0.1) is 5.82 Å². The van der Waals surface area contributed by atoms with Crippen molar-refractivity contribution < 1.29 is 19.1 Å². The van der Waals surface area contributed by atoms with Crippen LogP contribution in [-0.2, 0) is 11.2 Å². The first kappa shape index (κ1) is 20.0. The van der Waals surface area contributed by atoms with E-state index in [-0.39, 0.29) is 29.6 Å². The van der Waals surface area contributed by atoms with Crippen molar-refractivity contribution >= 4 is 22.9 Å². The van der Waals surface area contributed by atoms with Gasteiger partial charge in [-0.2, -0.15) is 0 Å². The topological polar surface area (TPSA) is 127 Å². The standard InChI is InChI=1S/C20H19FN4O4/c1-11(23-20(28)29)18-24-17-14(21)9-7-12(8-10-15(22)26)16(17)19(27)25(18)13-5-3-2-4-6-13/h2-7,9,11,23H,8,10H2,1H3,(H2,22,26)(H,28,29). The summed E-state index contributed by atoms with van der Waals surface area (Å²) in [6, 6.07) is 10.2. The van der Waals surface area contributed by atoms with E-state index in [2.05, 4.69) is 10.3 Å². The van der Waals surface area contributed by atoms with Gasteiger partial charge in [0, 0.05) is 6.42 Å². The van der Waals surface area contributed by atoms with E-state index in [1.165, 1.54) is 17.6 Å². The van der Waals surface area contributed by atoms with Crippen LogP contribution in [0.4, 0.5) is 9.18 Å². The summed E-state index contributed by atoms with van der Waals surface area (Å²) in [5, 5.41) is 11.3. The molecule has 0 saturated carbocycles. The Hall–Kier alpha value is -3.75. The number of para-hydroxylation sites is 1. The third-order valence-corrected chi connectivity index (χ3v) is 4.47. The minimum absolute atomic E-state index is 0.00969. The fourth-order valence-corrected chi connectivity index (χ4v) is 3.17. The minimum Gasteiger partial charge on any atom is -0.465 e. The van der Waals surface area contributed by atoms with Crippen LogP contribution in [-0.4, -0.2) is 26.7 Å². The predicted octanol–water partition coefficient (Wildman–Crippen LogP) is 2.27. The smallest absolute Gasteiger partial charge is 0.405 e. The van der Waals surface area contributed by atoms with E-state index < -0.39 is 29.4 Å². The van der Waals surface area contributed by atoms with Crippen molar-refractivity contribution in [2.24, 2.45) is 5.73 Å². The number of fused-ring (bicyclic) bond motifs is 1. The molecule has 3 aromatic rings. The zero-order chi connectivity index (χ0) is 21.1. The van der Waals surface area contributed by atoms with E-state index in [1.807, 2.05) is 0 Å². The van der Waals surface area contributed by atoms with Crippen LogP contribution < -0.4 is 16.6 Å². The van der Waals surface area contributed by atoms with Gasteiger partial charge in [0.15, 0.2) is 0 Å². The van der Waals surface area contributed by atoms with Crippen LogP contribution in [0.15, 0.2) is 47.3 Å². The van der Waals surface area contributed by atoms with E-state index in [4.69, 9.17) is 10.8 Å². The summed E-state index contributed by atoms with van der Waals surface area (Å²) >= 11 is 0. The first-order valence-electron chi connectivity index (χ1n) is 8.86. The number of carbonyl (C=O) groups is 2. The molecule has 0 spiro atoms. The molecular formula is C20H19FN4O4. The van der Waals surface area contributed by atoms with E-state index in [1.54, 1.807) is 30.3 Å². The Morgan fingerprint density at radius 2 is 1.93 bits per heavy atom. The molecule has 2 aromatic carbocycles. The highest BCUT2D eigenvalue weighted by molar-refractivity contribution is 5.83. The van der Waals surface area contributed by atoms with Crippen LogP contribution in [0.25, 0.3) is 16.6 Å². The SMILES string of the molecule is CC(NC(=O)O)c1nc2c(F)ccc(CCC(N)=O)c2c(=O)n1-c1ccccc1. The van der Waals surface area contributed by atoms with E-state index in [9.17, 15) is 18.8 Å². The molecule has 1 atom stereocenters. The van der Waals surface area contributed by atoms with Gasteiger partial charge in [0.2, 0.25) is 5.91 Å². The Morgan fingerprint density at radius 3 is 2.55 bits per heavy atom. The predicted molar refractivity (Wildman–Crippen MR) is 104 cm³/mol. The number of nitrogens with one attached hydrogen (secondary N) is 1. The lowest BCUT2D eigenvalue weighted by Gasteiger charge is -2.19. The van der Waals surface area contributed by atoms with Crippen LogP contribution in [0.5, 0.6) is 0 Å². The van der Waals surface area contributed by atoms with Crippen molar-refractivity contribution in [3.05, 3.63) is 70.0 Å². The van der Waals surface area contributed by atoms with Crippen molar-refractivity contribution in [2.45, 2.75) is 25.8 Å². The van der Waals surface area contributed by atoms with E-state index >= 15 is 0 Å². The second-order valence-corrected chi connectivity index (χ2v) is 6.51. The van der Waals surface area contributed by atoms with Gasteiger partial charge in [-0.1, -0.05) is 24.3 Å². The summed E-state index contributed by atoms with van der Waals surface area (Å²) in [5.74, 6) is -1.22. The zero-order valence-corrected chi connectivity index (χ0v) is 15.6. The van der Waals surface area contributed by atoms with Crippen LogP contribution in [0.1, 0.15) is 30.8 Å². The second-order valence-electron chi connectivity index (χ2n) is 6.51. The van der Waals surface area contributed by atoms with Crippen molar-refractivity contribution in [2.75, 3.05) is 0 Å². The first-order chi connectivity index (χ1) is 13.8. The highest BCUT2D eigenvalue weighted by Crippen LogP contribution is 2.23. The molecule has 9 heteroatoms. The number of nitrogens with zero attached hydrogens (tertiary/aromatic N) is 2. The number of carboxylic acid groups (broad SMARTS) is 1. The molecule has 1 heterocycles. The fraction of sp³-hybridized carbons (Fsp3) is 0.200. The number of amides is 2. The number of rotatable bonds is 6. The maximum absolute atomic E-state index is 14.5. The molecule has 2 amide bonds. The lowest BCUT2D eigenvalue weighted by Crippen LogP contribution is -2.33. The van der Waals surface area contributed by atoms with Crippen molar-refractivity contribution in [1.29, 1.82) is 0 Å². The molecule has 150 valence electrons. The second kappa shape index (κ2) is 8.09. The number of primary amides is 1. The van der Waals surface area contributed by atoms with Gasteiger partial charge in [-0.15, -0.1) is 0 Å². The third kappa shape index (κ3) is 4.08. The van der Waals surface area contributed by atoms with Gasteiger partial charge in [0.25, 0.3) is 5.56 Å². The molecule has 29 heavy (non-hydrogen) atoms. The normalized spacial score (nSPS) is 11.9. The van der Waals surface area contributed by atoms with Gasteiger partial charge >= 0.3 is 6.09 Å². The average Bonchev–Trinajstić information content (AvgIpc) is 2.67. The van der Waals surface area contributed by atoms with Crippen molar-refractivity contribution in [3.63, 3.8) is 0 Å². The summed E-state index contributed by atoms with van der Waals surface area (Å²) < 4.78 is 15.8. The Bertz CT molecular complexity index is 1140. The molecule has 3 rings (SSSR count). The van der Waals surface area contributed by atoms with E-state index in [0.717, 1.165) is 6.07 Å². The summed E-state index contributed by atoms with van der Waals surface area (Å²) in [5.41, 5.74) is 5.35. The average molecular weight is 398 g/mol. The van der Waals surface area contributed by atoms with Crippen LogP contribution in [0.3, 0.4) is 0 Å². The highest BCUT2D eigenvalue weighted by Gasteiger charge is 2.22. The Kier molecular flexibility index (Phi) is 5.58. The van der Waals surface area contributed by atoms with Gasteiger partial charge in [-0.05, 0) is 37.1 Å². The van der Waals surface area contributed by atoms with E-state index in [0.29, 0.717) is 11.3 Å². The number of aryl methyl sites for hydroxylation is 1. The number of halogens is 1. The van der Waals surface area contributed by atoms with Crippen molar-refractivity contribution in [1.82, 2.24) is 14.9 Å². The number of aromatic nitrogens is 2. The summed E-state index contributed by atoms with van der Waals surface area (Å²) in [6.07, 6.45) is -1.16. The molecule has 1 unspecified atom stereocenters. The maximum Gasteiger partial charge on any atom is 0.405 e. The number of carbonyl (C=O) groups excluding carboxylic acids is 1. The molecule has 0 bridgehead atoms. The van der Waals surface area contributed by atoms with Crippen molar-refractivity contribution in [3.8, 4) is 5.69 Å². The Balaban J connectivity index is 2.35. The molecule has 8 nitrogen and oxygen atoms in total.